The highest BCUT2D eigenvalue weighted by molar-refractivity contribution is 7.96. The summed E-state index contributed by atoms with van der Waals surface area (Å²) in [6, 6.07) is 0. The minimum absolute atomic E-state index is 0.564. The van der Waals surface area contributed by atoms with Gasteiger partial charge in [0.15, 0.2) is 0 Å². The molecule has 72 valence electrons. The third-order valence-electron chi connectivity index (χ3n) is 1.74. The van der Waals surface area contributed by atoms with Gasteiger partial charge in [0.2, 0.25) is 0 Å². The fourth-order valence-electron chi connectivity index (χ4n) is 1.11. The molecule has 0 aromatic heterocycles. The maximum absolute atomic E-state index is 2.31. The summed E-state index contributed by atoms with van der Waals surface area (Å²) in [4.78, 5) is 0. The van der Waals surface area contributed by atoms with Gasteiger partial charge < -0.3 is 0 Å². The summed E-state index contributed by atoms with van der Waals surface area (Å²) >= 11 is 0. The maximum Gasteiger partial charge on any atom is 0.128 e. The van der Waals surface area contributed by atoms with Gasteiger partial charge in [0.25, 0.3) is 0 Å². The van der Waals surface area contributed by atoms with Crippen LogP contribution in [0.1, 0.15) is 13.8 Å². The molecular weight excluding hydrogens is 184 g/mol. The third-order valence-corrected chi connectivity index (χ3v) is 3.76. The molecule has 0 aliphatic heterocycles. The second-order valence-corrected chi connectivity index (χ2v) is 8.34. The minimum Gasteiger partial charge on any atom is -0.0389 e. The van der Waals surface area contributed by atoms with Crippen molar-refractivity contribution in [1.29, 1.82) is 0 Å². The lowest BCUT2D eigenvalue weighted by atomic mass is 10.2. The van der Waals surface area contributed by atoms with Crippen LogP contribution in [0.2, 0.25) is 0 Å². The van der Waals surface area contributed by atoms with Crippen LogP contribution in [0.3, 0.4) is 0 Å². The Morgan fingerprint density at radius 1 is 0.750 bits per heavy atom. The molecule has 0 spiro atoms. The molecule has 0 aromatic carbocycles. The predicted octanol–water partition coefficient (Wildman–Crippen LogP) is 2.08. The first-order chi connectivity index (χ1) is 5.43. The molecule has 0 atom stereocenters. The summed E-state index contributed by atoms with van der Waals surface area (Å²) in [6.07, 6.45) is 9.26. The Labute approximate surface area is 83.5 Å². The van der Waals surface area contributed by atoms with E-state index in [4.69, 9.17) is 0 Å². The molecule has 0 bridgehead atoms. The highest BCUT2D eigenvalue weighted by atomic mass is 32.2. The molecule has 0 aromatic rings. The molecule has 0 aliphatic rings. The van der Waals surface area contributed by atoms with Gasteiger partial charge in [0, 0.05) is 0 Å². The van der Waals surface area contributed by atoms with Crippen LogP contribution in [-0.4, -0.2) is 36.5 Å². The van der Waals surface area contributed by atoms with Gasteiger partial charge in [0.1, 0.15) is 11.5 Å². The van der Waals surface area contributed by atoms with Crippen molar-refractivity contribution in [2.45, 2.75) is 13.8 Å². The first-order valence-corrected chi connectivity index (χ1v) is 8.59. The highest BCUT2D eigenvalue weighted by Gasteiger charge is 2.10. The Balaban J connectivity index is 4.06. The Morgan fingerprint density at radius 3 is 1.17 bits per heavy atom. The quantitative estimate of drug-likeness (QED) is 0.488. The van der Waals surface area contributed by atoms with Gasteiger partial charge in [-0.25, -0.2) is 0 Å². The molecule has 2 heteroatoms. The van der Waals surface area contributed by atoms with Crippen molar-refractivity contribution < 1.29 is 0 Å². The Morgan fingerprint density at radius 2 is 1.00 bits per heavy atom. The molecule has 0 N–H and O–H groups in total. The number of rotatable bonds is 4. The minimum atomic E-state index is 0.564. The molecule has 0 saturated carbocycles. The number of hydrogen-bond acceptors (Lipinski definition) is 0. The van der Waals surface area contributed by atoms with Crippen molar-refractivity contribution in [1.82, 2.24) is 0 Å². The highest BCUT2D eigenvalue weighted by Crippen LogP contribution is 2.08. The number of hydrogen-bond donors (Lipinski definition) is 0. The summed E-state index contributed by atoms with van der Waals surface area (Å²) in [5.41, 5.74) is 3.23. The lowest BCUT2D eigenvalue weighted by Crippen LogP contribution is -2.09. The topological polar surface area (TPSA) is 0 Å². The second kappa shape index (κ2) is 5.98. The van der Waals surface area contributed by atoms with Crippen LogP contribution in [-0.2, 0) is 21.8 Å². The van der Waals surface area contributed by atoms with Gasteiger partial charge in [0.05, 0.1) is 25.0 Å². The van der Waals surface area contributed by atoms with Crippen molar-refractivity contribution in [3.63, 3.8) is 0 Å². The van der Waals surface area contributed by atoms with E-state index in [1.165, 1.54) is 11.5 Å². The Kier molecular flexibility index (Phi) is 6.20. The molecule has 0 unspecified atom stereocenters. The van der Waals surface area contributed by atoms with E-state index in [2.05, 4.69) is 38.9 Å². The molecule has 0 aliphatic carbocycles. The van der Waals surface area contributed by atoms with Crippen LogP contribution in [0.15, 0.2) is 11.1 Å². The zero-order valence-corrected chi connectivity index (χ0v) is 10.9. The van der Waals surface area contributed by atoms with Crippen LogP contribution < -0.4 is 0 Å². The van der Waals surface area contributed by atoms with E-state index in [1.54, 1.807) is 11.1 Å². The van der Waals surface area contributed by atoms with Crippen molar-refractivity contribution in [3.8, 4) is 0 Å². The third kappa shape index (κ3) is 6.01. The molecule has 0 saturated heterocycles. The van der Waals surface area contributed by atoms with Gasteiger partial charge in [-0.1, -0.05) is 0 Å². The summed E-state index contributed by atoms with van der Waals surface area (Å²) in [7, 11) is 1.13. The van der Waals surface area contributed by atoms with Gasteiger partial charge in [-0.2, -0.15) is 0 Å². The van der Waals surface area contributed by atoms with E-state index in [0.29, 0.717) is 21.8 Å². The second-order valence-electron chi connectivity index (χ2n) is 3.82. The van der Waals surface area contributed by atoms with Crippen LogP contribution in [0.25, 0.3) is 0 Å². The van der Waals surface area contributed by atoms with E-state index in [1.807, 2.05) is 0 Å². The fourth-order valence-corrected chi connectivity index (χ4v) is 3.34. The van der Waals surface area contributed by atoms with E-state index in [9.17, 15) is 0 Å². The summed E-state index contributed by atoms with van der Waals surface area (Å²) < 4.78 is 0. The van der Waals surface area contributed by atoms with E-state index < -0.39 is 0 Å². The van der Waals surface area contributed by atoms with Crippen LogP contribution in [0, 0.1) is 0 Å². The molecule has 0 rings (SSSR count). The standard InChI is InChI=1S/C10H22S2/c1-9(7-11(3)4)10(2)8-12(5)6/h7-8H2,1-6H3/q+2/b10-9+. The molecule has 0 radical (unpaired) electrons. The van der Waals surface area contributed by atoms with Gasteiger partial charge >= 0.3 is 0 Å². The van der Waals surface area contributed by atoms with Gasteiger partial charge in [-0.15, -0.1) is 0 Å². The average Bonchev–Trinajstić information content (AvgIpc) is 1.84. The SMILES string of the molecule is C/C(C[S+](C)C)=C(/C)C[S+](C)C. The lowest BCUT2D eigenvalue weighted by molar-refractivity contribution is 1.24. The zero-order chi connectivity index (χ0) is 9.72. The predicted molar refractivity (Wildman–Crippen MR) is 66.5 cm³/mol. The molecular formula is C10H22S2+2. The van der Waals surface area contributed by atoms with Crippen molar-refractivity contribution in [2.75, 3.05) is 36.5 Å². The summed E-state index contributed by atoms with van der Waals surface area (Å²) in [6.45, 7) is 4.57. The normalized spacial score (nSPS) is 14.0. The van der Waals surface area contributed by atoms with Crippen LogP contribution in [0.4, 0.5) is 0 Å². The summed E-state index contributed by atoms with van der Waals surface area (Å²) in [5.74, 6) is 2.59. The summed E-state index contributed by atoms with van der Waals surface area (Å²) in [5, 5.41) is 0. The first kappa shape index (κ1) is 12.4. The zero-order valence-electron chi connectivity index (χ0n) is 9.23. The lowest BCUT2D eigenvalue weighted by Gasteiger charge is -2.03. The monoisotopic (exact) mass is 206 g/mol. The van der Waals surface area contributed by atoms with Crippen molar-refractivity contribution >= 4 is 21.8 Å². The van der Waals surface area contributed by atoms with Gasteiger partial charge in [-0.05, 0) is 46.8 Å². The first-order valence-electron chi connectivity index (χ1n) is 4.17. The van der Waals surface area contributed by atoms with Crippen molar-refractivity contribution in [3.05, 3.63) is 11.1 Å². The van der Waals surface area contributed by atoms with E-state index >= 15 is 0 Å². The molecule has 0 amide bonds. The van der Waals surface area contributed by atoms with E-state index in [0.717, 1.165) is 0 Å². The Bertz CT molecular complexity index is 139. The smallest absolute Gasteiger partial charge is 0.0389 e. The Hall–Kier alpha value is 0.440. The van der Waals surface area contributed by atoms with Gasteiger partial charge in [-0.3, -0.25) is 0 Å². The fraction of sp³-hybridized carbons (Fsp3) is 0.800. The molecule has 0 nitrogen and oxygen atoms in total. The largest absolute Gasteiger partial charge is 0.128 e. The molecule has 0 heterocycles. The maximum atomic E-state index is 2.31. The molecule has 12 heavy (non-hydrogen) atoms. The van der Waals surface area contributed by atoms with Crippen LogP contribution >= 0.6 is 0 Å². The van der Waals surface area contributed by atoms with Crippen molar-refractivity contribution in [2.24, 2.45) is 0 Å². The van der Waals surface area contributed by atoms with E-state index in [-0.39, 0.29) is 0 Å². The average molecular weight is 206 g/mol. The molecule has 0 fully saturated rings. The van der Waals surface area contributed by atoms with Crippen LogP contribution in [0.5, 0.6) is 0 Å².